The molecule has 0 heterocycles. The van der Waals surface area contributed by atoms with Crippen LogP contribution in [0.15, 0.2) is 12.2 Å². The van der Waals surface area contributed by atoms with Gasteiger partial charge < -0.3 is 0 Å². The van der Waals surface area contributed by atoms with Crippen molar-refractivity contribution in [1.82, 2.24) is 0 Å². The highest BCUT2D eigenvalue weighted by atomic mass is 32.1. The summed E-state index contributed by atoms with van der Waals surface area (Å²) in [6.45, 7) is 5.60. The Labute approximate surface area is 51.0 Å². The summed E-state index contributed by atoms with van der Waals surface area (Å²) in [5.41, 5.74) is 0. The van der Waals surface area contributed by atoms with E-state index in [1.807, 2.05) is 6.08 Å². The van der Waals surface area contributed by atoms with Crippen molar-refractivity contribution in [3.05, 3.63) is 19.1 Å². The van der Waals surface area contributed by atoms with Crippen LogP contribution in [0.3, 0.4) is 0 Å². The minimum absolute atomic E-state index is 0.470. The second-order valence-electron chi connectivity index (χ2n) is 1.56. The molecular formula is C6H11S. The predicted octanol–water partition coefficient (Wildman–Crippen LogP) is 2.09. The molecule has 0 fully saturated rings. The molecule has 0 bridgehead atoms. The van der Waals surface area contributed by atoms with Crippen LogP contribution < -0.4 is 0 Å². The Morgan fingerprint density at radius 1 is 1.86 bits per heavy atom. The molecule has 1 atom stereocenters. The fourth-order valence-electron chi connectivity index (χ4n) is 0.293. The highest BCUT2D eigenvalue weighted by Gasteiger charge is 1.84. The van der Waals surface area contributed by atoms with Crippen LogP contribution in [0.1, 0.15) is 13.3 Å². The van der Waals surface area contributed by atoms with E-state index < -0.39 is 0 Å². The molecule has 1 heteroatoms. The van der Waals surface area contributed by atoms with Crippen LogP contribution in [0.5, 0.6) is 0 Å². The first kappa shape index (κ1) is 7.09. The van der Waals surface area contributed by atoms with Crippen molar-refractivity contribution < 1.29 is 0 Å². The van der Waals surface area contributed by atoms with Crippen LogP contribution >= 0.6 is 12.6 Å². The molecule has 0 aliphatic heterocycles. The van der Waals surface area contributed by atoms with Crippen molar-refractivity contribution in [2.45, 2.75) is 18.6 Å². The standard InChI is InChI=1S/C6H11S/c1-3-4-5-6(2)7/h3-4,6-7H,1,5H2,2H3. The molecule has 7 heavy (non-hydrogen) atoms. The van der Waals surface area contributed by atoms with Gasteiger partial charge in [-0.15, -0.1) is 0 Å². The van der Waals surface area contributed by atoms with E-state index in [9.17, 15) is 0 Å². The Bertz CT molecular complexity index is 55.2. The monoisotopic (exact) mass is 115 g/mol. The molecule has 0 amide bonds. The molecule has 1 unspecified atom stereocenters. The highest BCUT2D eigenvalue weighted by Crippen LogP contribution is 1.98. The summed E-state index contributed by atoms with van der Waals surface area (Å²) >= 11 is 4.15. The fraction of sp³-hybridized carbons (Fsp3) is 0.500. The smallest absolute Gasteiger partial charge is 0.00229 e. The minimum Gasteiger partial charge on any atom is -0.176 e. The summed E-state index contributed by atoms with van der Waals surface area (Å²) in [5.74, 6) is 0. The SMILES string of the molecule is [CH2]C=CCC(C)S. The maximum Gasteiger partial charge on any atom is 0.00229 e. The van der Waals surface area contributed by atoms with Gasteiger partial charge in [-0.3, -0.25) is 0 Å². The molecule has 0 aliphatic rings. The molecule has 0 spiro atoms. The number of rotatable bonds is 2. The van der Waals surface area contributed by atoms with Gasteiger partial charge in [-0.25, -0.2) is 0 Å². The Hall–Kier alpha value is 0.0900. The summed E-state index contributed by atoms with van der Waals surface area (Å²) in [4.78, 5) is 0. The number of hydrogen-bond donors (Lipinski definition) is 1. The average molecular weight is 115 g/mol. The van der Waals surface area contributed by atoms with E-state index in [2.05, 4.69) is 26.5 Å². The molecule has 1 radical (unpaired) electrons. The maximum absolute atomic E-state index is 4.15. The normalized spacial score (nSPS) is 15.3. The summed E-state index contributed by atoms with van der Waals surface area (Å²) in [6.07, 6.45) is 4.83. The third-order valence-electron chi connectivity index (χ3n) is 0.644. The van der Waals surface area contributed by atoms with Crippen molar-refractivity contribution in [3.63, 3.8) is 0 Å². The molecular weight excluding hydrogens is 104 g/mol. The van der Waals surface area contributed by atoms with E-state index >= 15 is 0 Å². The molecule has 0 aromatic heterocycles. The number of allylic oxidation sites excluding steroid dienone is 2. The third kappa shape index (κ3) is 6.09. The second-order valence-corrected chi connectivity index (χ2v) is 2.44. The molecule has 0 saturated carbocycles. The van der Waals surface area contributed by atoms with Gasteiger partial charge in [0.05, 0.1) is 0 Å². The lowest BCUT2D eigenvalue weighted by Gasteiger charge is -1.92. The van der Waals surface area contributed by atoms with Gasteiger partial charge in [-0.1, -0.05) is 19.1 Å². The predicted molar refractivity (Wildman–Crippen MR) is 37.6 cm³/mol. The van der Waals surface area contributed by atoms with Gasteiger partial charge in [0, 0.05) is 5.25 Å². The average Bonchev–Trinajstić information content (AvgIpc) is 1.61. The highest BCUT2D eigenvalue weighted by molar-refractivity contribution is 7.80. The van der Waals surface area contributed by atoms with E-state index in [1.165, 1.54) is 0 Å². The molecule has 0 saturated heterocycles. The van der Waals surface area contributed by atoms with Crippen LogP contribution in [0, 0.1) is 6.92 Å². The summed E-state index contributed by atoms with van der Waals surface area (Å²) in [5, 5.41) is 0.470. The Morgan fingerprint density at radius 2 is 2.43 bits per heavy atom. The molecule has 41 valence electrons. The third-order valence-corrected chi connectivity index (χ3v) is 0.855. The van der Waals surface area contributed by atoms with Crippen LogP contribution in [-0.4, -0.2) is 5.25 Å². The Morgan fingerprint density at radius 3 is 2.57 bits per heavy atom. The Balaban J connectivity index is 2.97. The lowest BCUT2D eigenvalue weighted by atomic mass is 10.3. The summed E-state index contributed by atoms with van der Waals surface area (Å²) in [7, 11) is 0. The van der Waals surface area contributed by atoms with Crippen LogP contribution in [0.25, 0.3) is 0 Å². The van der Waals surface area contributed by atoms with Gasteiger partial charge in [0.1, 0.15) is 0 Å². The van der Waals surface area contributed by atoms with E-state index in [-0.39, 0.29) is 0 Å². The molecule has 0 N–H and O–H groups in total. The van der Waals surface area contributed by atoms with Gasteiger partial charge >= 0.3 is 0 Å². The van der Waals surface area contributed by atoms with Crippen molar-refractivity contribution in [2.24, 2.45) is 0 Å². The van der Waals surface area contributed by atoms with Gasteiger partial charge in [-0.2, -0.15) is 12.6 Å². The second kappa shape index (κ2) is 4.25. The quantitative estimate of drug-likeness (QED) is 0.523. The van der Waals surface area contributed by atoms with E-state index in [4.69, 9.17) is 0 Å². The van der Waals surface area contributed by atoms with Gasteiger partial charge in [0.25, 0.3) is 0 Å². The topological polar surface area (TPSA) is 0 Å². The van der Waals surface area contributed by atoms with Crippen LogP contribution in [-0.2, 0) is 0 Å². The first-order chi connectivity index (χ1) is 3.27. The van der Waals surface area contributed by atoms with Gasteiger partial charge in [0.15, 0.2) is 0 Å². The summed E-state index contributed by atoms with van der Waals surface area (Å²) in [6, 6.07) is 0. The zero-order chi connectivity index (χ0) is 5.70. The minimum atomic E-state index is 0.470. The Kier molecular flexibility index (Phi) is 4.31. The first-order valence-electron chi connectivity index (χ1n) is 2.39. The zero-order valence-corrected chi connectivity index (χ0v) is 5.49. The van der Waals surface area contributed by atoms with E-state index in [0.717, 1.165) is 6.42 Å². The number of thiol groups is 1. The first-order valence-corrected chi connectivity index (χ1v) is 2.91. The maximum atomic E-state index is 4.15. The molecule has 0 nitrogen and oxygen atoms in total. The van der Waals surface area contributed by atoms with Crippen molar-refractivity contribution in [2.75, 3.05) is 0 Å². The molecule has 0 rings (SSSR count). The lowest BCUT2D eigenvalue weighted by molar-refractivity contribution is 0.990. The van der Waals surface area contributed by atoms with Gasteiger partial charge in [-0.05, 0) is 13.3 Å². The largest absolute Gasteiger partial charge is 0.176 e. The van der Waals surface area contributed by atoms with Crippen LogP contribution in [0.2, 0.25) is 0 Å². The summed E-state index contributed by atoms with van der Waals surface area (Å²) < 4.78 is 0. The fourth-order valence-corrected chi connectivity index (χ4v) is 0.415. The van der Waals surface area contributed by atoms with Crippen molar-refractivity contribution in [3.8, 4) is 0 Å². The van der Waals surface area contributed by atoms with E-state index in [0.29, 0.717) is 5.25 Å². The molecule has 0 aromatic carbocycles. The van der Waals surface area contributed by atoms with Gasteiger partial charge in [0.2, 0.25) is 0 Å². The van der Waals surface area contributed by atoms with E-state index in [1.54, 1.807) is 6.08 Å². The lowest BCUT2D eigenvalue weighted by Crippen LogP contribution is -1.84. The molecule has 0 aromatic rings. The van der Waals surface area contributed by atoms with Crippen molar-refractivity contribution >= 4 is 12.6 Å². The van der Waals surface area contributed by atoms with Crippen molar-refractivity contribution in [1.29, 1.82) is 0 Å². The molecule has 0 aliphatic carbocycles. The number of hydrogen-bond acceptors (Lipinski definition) is 1. The van der Waals surface area contributed by atoms with Crippen LogP contribution in [0.4, 0.5) is 0 Å². The zero-order valence-electron chi connectivity index (χ0n) is 4.59.